The van der Waals surface area contributed by atoms with Crippen LogP contribution >= 0.6 is 0 Å². The zero-order chi connectivity index (χ0) is 14.1. The fraction of sp³-hybridized carbons (Fsp3) is 0.429. The Morgan fingerprint density at radius 1 is 1.16 bits per heavy atom. The monoisotopic (exact) mass is 263 g/mol. The van der Waals surface area contributed by atoms with Crippen LogP contribution < -0.4 is 16.0 Å². The summed E-state index contributed by atoms with van der Waals surface area (Å²) in [5.74, 6) is -0.125. The van der Waals surface area contributed by atoms with Crippen molar-refractivity contribution in [3.63, 3.8) is 0 Å². The van der Waals surface area contributed by atoms with Crippen molar-refractivity contribution in [3.05, 3.63) is 29.8 Å². The summed E-state index contributed by atoms with van der Waals surface area (Å²) < 4.78 is 0. The lowest BCUT2D eigenvalue weighted by molar-refractivity contribution is -0.120. The summed E-state index contributed by atoms with van der Waals surface area (Å²) in [5, 5.41) is 8.51. The third-order valence-corrected chi connectivity index (χ3v) is 2.70. The number of likely N-dealkylation sites (N-methyl/N-ethyl adjacent to an activating group) is 1. The van der Waals surface area contributed by atoms with Crippen molar-refractivity contribution in [1.82, 2.24) is 10.6 Å². The maximum atomic E-state index is 11.7. The van der Waals surface area contributed by atoms with Crippen molar-refractivity contribution in [3.8, 4) is 0 Å². The average Bonchev–Trinajstić information content (AvgIpc) is 2.41. The minimum Gasteiger partial charge on any atom is -0.359 e. The molecule has 0 bridgehead atoms. The van der Waals surface area contributed by atoms with Gasteiger partial charge in [-0.2, -0.15) is 0 Å². The van der Waals surface area contributed by atoms with Crippen molar-refractivity contribution in [2.24, 2.45) is 0 Å². The third-order valence-electron chi connectivity index (χ3n) is 2.70. The Bertz CT molecular complexity index is 432. The van der Waals surface area contributed by atoms with Crippen LogP contribution in [0.1, 0.15) is 18.9 Å². The SMILES string of the molecule is CCNCCC(=O)Nc1ccccc1CC(=O)NC. The maximum absolute atomic E-state index is 11.7. The number of hydrogen-bond donors (Lipinski definition) is 3. The van der Waals surface area contributed by atoms with Gasteiger partial charge in [0.2, 0.25) is 11.8 Å². The molecule has 19 heavy (non-hydrogen) atoms. The average molecular weight is 263 g/mol. The Balaban J connectivity index is 2.61. The smallest absolute Gasteiger partial charge is 0.225 e. The molecule has 1 rings (SSSR count). The summed E-state index contributed by atoms with van der Waals surface area (Å²) in [7, 11) is 1.60. The zero-order valence-electron chi connectivity index (χ0n) is 11.5. The Kier molecular flexibility index (Phi) is 6.60. The van der Waals surface area contributed by atoms with Gasteiger partial charge >= 0.3 is 0 Å². The Hall–Kier alpha value is -1.88. The molecule has 0 saturated heterocycles. The van der Waals surface area contributed by atoms with Gasteiger partial charge in [0.05, 0.1) is 6.42 Å². The van der Waals surface area contributed by atoms with E-state index in [9.17, 15) is 9.59 Å². The number of amides is 2. The zero-order valence-corrected chi connectivity index (χ0v) is 11.5. The predicted molar refractivity (Wildman–Crippen MR) is 76.0 cm³/mol. The molecule has 5 nitrogen and oxygen atoms in total. The summed E-state index contributed by atoms with van der Waals surface area (Å²) in [6, 6.07) is 7.35. The predicted octanol–water partition coefficient (Wildman–Crippen LogP) is 0.913. The van der Waals surface area contributed by atoms with E-state index in [1.807, 2.05) is 31.2 Å². The number of nitrogens with one attached hydrogen (secondary N) is 3. The van der Waals surface area contributed by atoms with E-state index in [2.05, 4.69) is 16.0 Å². The Labute approximate surface area is 113 Å². The minimum atomic E-state index is -0.0747. The van der Waals surface area contributed by atoms with Gasteiger partial charge in [-0.1, -0.05) is 25.1 Å². The molecule has 2 amide bonds. The van der Waals surface area contributed by atoms with Crippen LogP contribution in [0.3, 0.4) is 0 Å². The molecule has 0 atom stereocenters. The molecule has 0 aromatic heterocycles. The fourth-order valence-electron chi connectivity index (χ4n) is 1.65. The number of anilines is 1. The highest BCUT2D eigenvalue weighted by Gasteiger charge is 2.08. The Morgan fingerprint density at radius 2 is 1.89 bits per heavy atom. The van der Waals surface area contributed by atoms with E-state index in [1.54, 1.807) is 7.05 Å². The van der Waals surface area contributed by atoms with E-state index in [4.69, 9.17) is 0 Å². The number of carbonyl (C=O) groups excluding carboxylic acids is 2. The Morgan fingerprint density at radius 3 is 2.58 bits per heavy atom. The molecule has 1 aromatic rings. The molecule has 5 heteroatoms. The lowest BCUT2D eigenvalue weighted by atomic mass is 10.1. The second-order valence-electron chi connectivity index (χ2n) is 4.16. The molecule has 0 aliphatic rings. The molecule has 0 fully saturated rings. The van der Waals surface area contributed by atoms with Gasteiger partial charge in [-0.15, -0.1) is 0 Å². The first-order valence-corrected chi connectivity index (χ1v) is 6.46. The number of benzene rings is 1. The van der Waals surface area contributed by atoms with Gasteiger partial charge in [0.15, 0.2) is 0 Å². The van der Waals surface area contributed by atoms with E-state index in [0.717, 1.165) is 12.1 Å². The number of para-hydroxylation sites is 1. The van der Waals surface area contributed by atoms with E-state index < -0.39 is 0 Å². The van der Waals surface area contributed by atoms with Crippen LogP contribution in [0.5, 0.6) is 0 Å². The summed E-state index contributed by atoms with van der Waals surface area (Å²) >= 11 is 0. The van der Waals surface area contributed by atoms with Crippen LogP contribution in [0.15, 0.2) is 24.3 Å². The van der Waals surface area contributed by atoms with Crippen LogP contribution in [0, 0.1) is 0 Å². The van der Waals surface area contributed by atoms with Crippen molar-refractivity contribution < 1.29 is 9.59 Å². The highest BCUT2D eigenvalue weighted by atomic mass is 16.2. The number of carbonyl (C=O) groups is 2. The van der Waals surface area contributed by atoms with Crippen LogP contribution in [-0.2, 0) is 16.0 Å². The second-order valence-corrected chi connectivity index (χ2v) is 4.16. The van der Waals surface area contributed by atoms with Crippen LogP contribution in [0.25, 0.3) is 0 Å². The van der Waals surface area contributed by atoms with Gasteiger partial charge in [-0.3, -0.25) is 9.59 Å². The second kappa shape index (κ2) is 8.26. The molecular weight excluding hydrogens is 242 g/mol. The highest BCUT2D eigenvalue weighted by Crippen LogP contribution is 2.15. The highest BCUT2D eigenvalue weighted by molar-refractivity contribution is 5.92. The van der Waals surface area contributed by atoms with Crippen molar-refractivity contribution in [1.29, 1.82) is 0 Å². The van der Waals surface area contributed by atoms with Gasteiger partial charge in [-0.05, 0) is 18.2 Å². The molecule has 0 spiro atoms. The van der Waals surface area contributed by atoms with Gasteiger partial charge in [0.25, 0.3) is 0 Å². The van der Waals surface area contributed by atoms with Crippen molar-refractivity contribution in [2.75, 3.05) is 25.5 Å². The van der Waals surface area contributed by atoms with Gasteiger partial charge in [0, 0.05) is 25.7 Å². The molecule has 0 saturated carbocycles. The normalized spacial score (nSPS) is 10.0. The van der Waals surface area contributed by atoms with E-state index in [0.29, 0.717) is 18.7 Å². The van der Waals surface area contributed by atoms with E-state index >= 15 is 0 Å². The summed E-state index contributed by atoms with van der Waals surface area (Å²) in [4.78, 5) is 23.1. The summed E-state index contributed by atoms with van der Waals surface area (Å²) in [6.45, 7) is 3.50. The van der Waals surface area contributed by atoms with Gasteiger partial charge in [0.1, 0.15) is 0 Å². The molecular formula is C14H21N3O2. The first-order valence-electron chi connectivity index (χ1n) is 6.46. The van der Waals surface area contributed by atoms with Crippen LogP contribution in [-0.4, -0.2) is 32.0 Å². The van der Waals surface area contributed by atoms with Gasteiger partial charge in [-0.25, -0.2) is 0 Å². The lowest BCUT2D eigenvalue weighted by Crippen LogP contribution is -2.23. The van der Waals surface area contributed by atoms with Crippen molar-refractivity contribution >= 4 is 17.5 Å². The standard InChI is InChI=1S/C14H21N3O2/c1-3-16-9-8-13(18)17-12-7-5-4-6-11(12)10-14(19)15-2/h4-7,16H,3,8-10H2,1-2H3,(H,15,19)(H,17,18). The summed E-state index contributed by atoms with van der Waals surface area (Å²) in [6.07, 6.45) is 0.683. The molecule has 0 aliphatic carbocycles. The molecule has 0 heterocycles. The number of hydrogen-bond acceptors (Lipinski definition) is 3. The molecule has 0 aliphatic heterocycles. The maximum Gasteiger partial charge on any atom is 0.225 e. The molecule has 0 radical (unpaired) electrons. The quantitative estimate of drug-likeness (QED) is 0.640. The number of rotatable bonds is 7. The molecule has 0 unspecified atom stereocenters. The van der Waals surface area contributed by atoms with Crippen LogP contribution in [0.2, 0.25) is 0 Å². The first kappa shape index (κ1) is 15.2. The first-order chi connectivity index (χ1) is 9.17. The largest absolute Gasteiger partial charge is 0.359 e. The summed E-state index contributed by atoms with van der Waals surface area (Å²) in [5.41, 5.74) is 1.52. The third kappa shape index (κ3) is 5.52. The van der Waals surface area contributed by atoms with Gasteiger partial charge < -0.3 is 16.0 Å². The minimum absolute atomic E-state index is 0.0506. The molecule has 104 valence electrons. The van der Waals surface area contributed by atoms with Crippen molar-refractivity contribution in [2.45, 2.75) is 19.8 Å². The molecule has 3 N–H and O–H groups in total. The van der Waals surface area contributed by atoms with E-state index in [-0.39, 0.29) is 18.2 Å². The van der Waals surface area contributed by atoms with Crippen LogP contribution in [0.4, 0.5) is 5.69 Å². The van der Waals surface area contributed by atoms with E-state index in [1.165, 1.54) is 0 Å². The topological polar surface area (TPSA) is 70.2 Å². The lowest BCUT2D eigenvalue weighted by Gasteiger charge is -2.10. The molecule has 1 aromatic carbocycles. The fourth-order valence-corrected chi connectivity index (χ4v) is 1.65.